The van der Waals surface area contributed by atoms with E-state index < -0.39 is 5.97 Å². The van der Waals surface area contributed by atoms with Crippen LogP contribution in [0.5, 0.6) is 5.75 Å². The van der Waals surface area contributed by atoms with Crippen LogP contribution in [0, 0.1) is 0 Å². The molecule has 0 saturated carbocycles. The van der Waals surface area contributed by atoms with E-state index in [-0.39, 0.29) is 17.2 Å². The van der Waals surface area contributed by atoms with Crippen molar-refractivity contribution in [2.75, 3.05) is 33.3 Å². The molecule has 26 heavy (non-hydrogen) atoms. The summed E-state index contributed by atoms with van der Waals surface area (Å²) in [6, 6.07) is 7.93. The Kier molecular flexibility index (Phi) is 5.22. The predicted molar refractivity (Wildman–Crippen MR) is 94.3 cm³/mol. The molecule has 2 heterocycles. The number of benzene rings is 1. The number of aryl methyl sites for hydroxylation is 1. The number of piperazine rings is 1. The first-order valence-corrected chi connectivity index (χ1v) is 8.39. The lowest BCUT2D eigenvalue weighted by molar-refractivity contribution is 0.0608. The van der Waals surface area contributed by atoms with Crippen molar-refractivity contribution in [3.8, 4) is 5.75 Å². The third-order valence-corrected chi connectivity index (χ3v) is 4.46. The second-order valence-corrected chi connectivity index (χ2v) is 6.29. The second-order valence-electron chi connectivity index (χ2n) is 6.29. The van der Waals surface area contributed by atoms with Crippen molar-refractivity contribution in [2.45, 2.75) is 6.54 Å². The Balaban J connectivity index is 1.61. The zero-order valence-electron chi connectivity index (χ0n) is 14.9. The SMILES string of the molecule is COc1cccc(CN2CCN(C(=O)c3cn(C)nc3C(=O)O)CC2)c1. The summed E-state index contributed by atoms with van der Waals surface area (Å²) in [5.74, 6) is -0.642. The number of carboxylic acid groups (broad SMARTS) is 1. The summed E-state index contributed by atoms with van der Waals surface area (Å²) in [5, 5.41) is 13.1. The molecule has 1 saturated heterocycles. The molecule has 1 N–H and O–H groups in total. The number of rotatable bonds is 5. The lowest BCUT2D eigenvalue weighted by atomic mass is 10.1. The summed E-state index contributed by atoms with van der Waals surface area (Å²) in [6.45, 7) is 3.34. The van der Waals surface area contributed by atoms with Crippen LogP contribution in [0.1, 0.15) is 26.4 Å². The lowest BCUT2D eigenvalue weighted by Gasteiger charge is -2.34. The Labute approximate surface area is 151 Å². The molecular formula is C18H22N4O4. The topological polar surface area (TPSA) is 87.9 Å². The molecule has 8 nitrogen and oxygen atoms in total. The summed E-state index contributed by atoms with van der Waals surface area (Å²) >= 11 is 0. The molecule has 0 aliphatic carbocycles. The molecule has 2 aromatic rings. The van der Waals surface area contributed by atoms with Crippen LogP contribution in [0.3, 0.4) is 0 Å². The zero-order chi connectivity index (χ0) is 18.7. The van der Waals surface area contributed by atoms with Crippen molar-refractivity contribution in [3.05, 3.63) is 47.3 Å². The Morgan fingerprint density at radius 2 is 1.96 bits per heavy atom. The fourth-order valence-corrected chi connectivity index (χ4v) is 3.11. The number of carbonyl (C=O) groups excluding carboxylic acids is 1. The highest BCUT2D eigenvalue weighted by molar-refractivity contribution is 6.03. The van der Waals surface area contributed by atoms with Crippen molar-refractivity contribution in [1.29, 1.82) is 0 Å². The van der Waals surface area contributed by atoms with E-state index in [9.17, 15) is 14.7 Å². The summed E-state index contributed by atoms with van der Waals surface area (Å²) in [4.78, 5) is 27.9. The molecular weight excluding hydrogens is 336 g/mol. The molecule has 1 aliphatic rings. The van der Waals surface area contributed by atoms with Crippen LogP contribution in [0.15, 0.2) is 30.5 Å². The van der Waals surface area contributed by atoms with E-state index in [1.54, 1.807) is 19.1 Å². The molecule has 1 aromatic carbocycles. The molecule has 1 aromatic heterocycles. The fraction of sp³-hybridized carbons (Fsp3) is 0.389. The van der Waals surface area contributed by atoms with Gasteiger partial charge in [-0.1, -0.05) is 12.1 Å². The maximum absolute atomic E-state index is 12.7. The largest absolute Gasteiger partial charge is 0.497 e. The van der Waals surface area contributed by atoms with E-state index in [1.165, 1.54) is 10.9 Å². The molecule has 8 heteroatoms. The number of nitrogens with zero attached hydrogens (tertiary/aromatic N) is 4. The third-order valence-electron chi connectivity index (χ3n) is 4.46. The maximum Gasteiger partial charge on any atom is 0.357 e. The quantitative estimate of drug-likeness (QED) is 0.861. The Hall–Kier alpha value is -2.87. The number of carbonyl (C=O) groups is 2. The summed E-state index contributed by atoms with van der Waals surface area (Å²) in [5.41, 5.74) is 1.10. The Bertz CT molecular complexity index is 809. The van der Waals surface area contributed by atoms with Crippen LogP contribution in [0.2, 0.25) is 0 Å². The van der Waals surface area contributed by atoms with Gasteiger partial charge in [-0.15, -0.1) is 0 Å². The normalized spacial score (nSPS) is 15.1. The van der Waals surface area contributed by atoms with E-state index in [0.717, 1.165) is 30.9 Å². The first-order chi connectivity index (χ1) is 12.5. The Morgan fingerprint density at radius 3 is 2.62 bits per heavy atom. The maximum atomic E-state index is 12.7. The van der Waals surface area contributed by atoms with Gasteiger partial charge in [-0.25, -0.2) is 4.79 Å². The van der Waals surface area contributed by atoms with Crippen molar-refractivity contribution in [1.82, 2.24) is 19.6 Å². The number of hydrogen-bond donors (Lipinski definition) is 1. The van der Waals surface area contributed by atoms with Gasteiger partial charge in [-0.3, -0.25) is 14.4 Å². The van der Waals surface area contributed by atoms with Crippen LogP contribution >= 0.6 is 0 Å². The first-order valence-electron chi connectivity index (χ1n) is 8.39. The number of amides is 1. The van der Waals surface area contributed by atoms with Crippen LogP contribution in [0.4, 0.5) is 0 Å². The highest BCUT2D eigenvalue weighted by Crippen LogP contribution is 2.17. The van der Waals surface area contributed by atoms with Crippen LogP contribution < -0.4 is 4.74 Å². The smallest absolute Gasteiger partial charge is 0.357 e. The molecule has 0 radical (unpaired) electrons. The van der Waals surface area contributed by atoms with Gasteiger partial charge >= 0.3 is 5.97 Å². The zero-order valence-corrected chi connectivity index (χ0v) is 14.9. The van der Waals surface area contributed by atoms with Crippen molar-refractivity contribution in [3.63, 3.8) is 0 Å². The number of aromatic carboxylic acids is 1. The number of aromatic nitrogens is 2. The van der Waals surface area contributed by atoms with Gasteiger partial charge < -0.3 is 14.7 Å². The van der Waals surface area contributed by atoms with Gasteiger partial charge in [0, 0.05) is 46.0 Å². The minimum Gasteiger partial charge on any atom is -0.497 e. The lowest BCUT2D eigenvalue weighted by Crippen LogP contribution is -2.48. The van der Waals surface area contributed by atoms with Gasteiger partial charge in [-0.05, 0) is 17.7 Å². The van der Waals surface area contributed by atoms with Gasteiger partial charge in [0.05, 0.1) is 12.7 Å². The van der Waals surface area contributed by atoms with Crippen molar-refractivity contribution >= 4 is 11.9 Å². The molecule has 138 valence electrons. The average molecular weight is 358 g/mol. The molecule has 3 rings (SSSR count). The number of carboxylic acids is 1. The fourth-order valence-electron chi connectivity index (χ4n) is 3.11. The minimum absolute atomic E-state index is 0.140. The van der Waals surface area contributed by atoms with Crippen LogP contribution in [-0.2, 0) is 13.6 Å². The van der Waals surface area contributed by atoms with E-state index in [2.05, 4.69) is 16.1 Å². The first kappa shape index (κ1) is 17.9. The molecule has 0 spiro atoms. The van der Waals surface area contributed by atoms with E-state index >= 15 is 0 Å². The molecule has 0 bridgehead atoms. The van der Waals surface area contributed by atoms with E-state index in [1.807, 2.05) is 18.2 Å². The molecule has 1 aliphatic heterocycles. The van der Waals surface area contributed by atoms with Gasteiger partial charge in [0.15, 0.2) is 5.69 Å². The van der Waals surface area contributed by atoms with Gasteiger partial charge in [0.2, 0.25) is 0 Å². The molecule has 1 amide bonds. The standard InChI is InChI=1S/C18H22N4O4/c1-20-12-15(16(19-20)18(24)25)17(23)22-8-6-21(7-9-22)11-13-4-3-5-14(10-13)26-2/h3-5,10,12H,6-9,11H2,1-2H3,(H,24,25). The summed E-state index contributed by atoms with van der Waals surface area (Å²) in [6.07, 6.45) is 1.47. The monoisotopic (exact) mass is 358 g/mol. The minimum atomic E-state index is -1.19. The average Bonchev–Trinajstić information content (AvgIpc) is 3.04. The highest BCUT2D eigenvalue weighted by atomic mass is 16.5. The van der Waals surface area contributed by atoms with Gasteiger partial charge in [-0.2, -0.15) is 5.10 Å². The molecule has 0 unspecified atom stereocenters. The van der Waals surface area contributed by atoms with Crippen molar-refractivity contribution < 1.29 is 19.4 Å². The van der Waals surface area contributed by atoms with Crippen LogP contribution in [0.25, 0.3) is 0 Å². The Morgan fingerprint density at radius 1 is 1.23 bits per heavy atom. The summed E-state index contributed by atoms with van der Waals surface area (Å²) in [7, 11) is 3.25. The van der Waals surface area contributed by atoms with Crippen LogP contribution in [-0.4, -0.2) is 69.9 Å². The van der Waals surface area contributed by atoms with Crippen molar-refractivity contribution in [2.24, 2.45) is 7.05 Å². The predicted octanol–water partition coefficient (Wildman–Crippen LogP) is 1.08. The molecule has 1 fully saturated rings. The highest BCUT2D eigenvalue weighted by Gasteiger charge is 2.27. The molecule has 0 atom stereocenters. The second kappa shape index (κ2) is 7.57. The number of hydrogen-bond acceptors (Lipinski definition) is 5. The van der Waals surface area contributed by atoms with Gasteiger partial charge in [0.25, 0.3) is 5.91 Å². The van der Waals surface area contributed by atoms with E-state index in [0.29, 0.717) is 13.1 Å². The number of methoxy groups -OCH3 is 1. The van der Waals surface area contributed by atoms with E-state index in [4.69, 9.17) is 4.74 Å². The third kappa shape index (κ3) is 3.85. The van der Waals surface area contributed by atoms with Gasteiger partial charge in [0.1, 0.15) is 5.75 Å². The summed E-state index contributed by atoms with van der Waals surface area (Å²) < 4.78 is 6.60. The number of ether oxygens (including phenoxy) is 1.